The molecule has 1 aromatic rings. The standard InChI is InChI=1S/C19H30N4O/c1-3-13-4-6-15(7-5-13)22-19-21-11-16(18(20)24)17(23-19)10-14-8-12(2)9-14/h11-15H,3-10H2,1-2H3,(H2,20,24)(H,21,22,23). The van der Waals surface area contributed by atoms with E-state index in [2.05, 4.69) is 29.1 Å². The molecule has 5 nitrogen and oxygen atoms in total. The van der Waals surface area contributed by atoms with Crippen LogP contribution < -0.4 is 11.1 Å². The topological polar surface area (TPSA) is 80.9 Å². The van der Waals surface area contributed by atoms with Crippen molar-refractivity contribution in [1.29, 1.82) is 0 Å². The Labute approximate surface area is 144 Å². The molecule has 24 heavy (non-hydrogen) atoms. The van der Waals surface area contributed by atoms with Gasteiger partial charge in [-0.1, -0.05) is 20.3 Å². The third-order valence-corrected chi connectivity index (χ3v) is 5.84. The first-order chi connectivity index (χ1) is 11.5. The number of anilines is 1. The molecular formula is C19H30N4O. The zero-order chi connectivity index (χ0) is 17.1. The molecule has 3 N–H and O–H groups in total. The fourth-order valence-electron chi connectivity index (χ4n) is 4.25. The minimum atomic E-state index is -0.424. The minimum Gasteiger partial charge on any atom is -0.365 e. The zero-order valence-electron chi connectivity index (χ0n) is 14.9. The van der Waals surface area contributed by atoms with Crippen molar-refractivity contribution >= 4 is 11.9 Å². The molecule has 0 aromatic carbocycles. The van der Waals surface area contributed by atoms with Crippen LogP contribution in [0.1, 0.15) is 74.8 Å². The predicted molar refractivity (Wildman–Crippen MR) is 95.8 cm³/mol. The molecule has 2 fully saturated rings. The summed E-state index contributed by atoms with van der Waals surface area (Å²) in [4.78, 5) is 20.7. The number of aromatic nitrogens is 2. The number of amides is 1. The van der Waals surface area contributed by atoms with Gasteiger partial charge in [-0.2, -0.15) is 0 Å². The van der Waals surface area contributed by atoms with E-state index in [1.165, 1.54) is 44.9 Å². The Bertz CT molecular complexity index is 575. The van der Waals surface area contributed by atoms with E-state index in [0.29, 0.717) is 23.5 Å². The van der Waals surface area contributed by atoms with E-state index >= 15 is 0 Å². The maximum atomic E-state index is 11.7. The average molecular weight is 330 g/mol. The van der Waals surface area contributed by atoms with Crippen molar-refractivity contribution in [3.63, 3.8) is 0 Å². The number of nitrogens with one attached hydrogen (secondary N) is 1. The summed E-state index contributed by atoms with van der Waals surface area (Å²) in [6, 6.07) is 0.448. The Morgan fingerprint density at radius 1 is 1.25 bits per heavy atom. The molecule has 1 amide bonds. The third kappa shape index (κ3) is 4.05. The third-order valence-electron chi connectivity index (χ3n) is 5.84. The highest BCUT2D eigenvalue weighted by Crippen LogP contribution is 2.36. The molecule has 0 saturated heterocycles. The van der Waals surface area contributed by atoms with Gasteiger partial charge in [-0.3, -0.25) is 4.79 Å². The van der Waals surface area contributed by atoms with Gasteiger partial charge in [0.05, 0.1) is 11.3 Å². The zero-order valence-corrected chi connectivity index (χ0v) is 14.9. The molecule has 0 spiro atoms. The van der Waals surface area contributed by atoms with Crippen LogP contribution in [0.3, 0.4) is 0 Å². The normalized spacial score (nSPS) is 29.8. The van der Waals surface area contributed by atoms with Crippen molar-refractivity contribution in [2.75, 3.05) is 5.32 Å². The number of nitrogens with zero attached hydrogens (tertiary/aromatic N) is 2. The van der Waals surface area contributed by atoms with Gasteiger partial charge in [0.2, 0.25) is 5.95 Å². The number of nitrogens with two attached hydrogens (primary N) is 1. The highest BCUT2D eigenvalue weighted by molar-refractivity contribution is 5.93. The fraction of sp³-hybridized carbons (Fsp3) is 0.737. The van der Waals surface area contributed by atoms with Gasteiger partial charge in [0.1, 0.15) is 0 Å². The Morgan fingerprint density at radius 2 is 1.96 bits per heavy atom. The van der Waals surface area contributed by atoms with Crippen LogP contribution in [0, 0.1) is 17.8 Å². The van der Waals surface area contributed by atoms with Crippen molar-refractivity contribution in [2.45, 2.75) is 71.3 Å². The second-order valence-corrected chi connectivity index (χ2v) is 7.84. The summed E-state index contributed by atoms with van der Waals surface area (Å²) < 4.78 is 0. The molecule has 3 rings (SSSR count). The Morgan fingerprint density at radius 3 is 2.54 bits per heavy atom. The van der Waals surface area contributed by atoms with Crippen LogP contribution in [-0.2, 0) is 6.42 Å². The molecule has 2 saturated carbocycles. The molecule has 0 atom stereocenters. The molecule has 0 radical (unpaired) electrons. The Balaban J connectivity index is 1.66. The summed E-state index contributed by atoms with van der Waals surface area (Å²) >= 11 is 0. The minimum absolute atomic E-state index is 0.424. The van der Waals surface area contributed by atoms with E-state index in [1.807, 2.05) is 0 Å². The van der Waals surface area contributed by atoms with E-state index in [9.17, 15) is 4.79 Å². The van der Waals surface area contributed by atoms with Crippen molar-refractivity contribution in [1.82, 2.24) is 9.97 Å². The first-order valence-corrected chi connectivity index (χ1v) is 9.47. The highest BCUT2D eigenvalue weighted by atomic mass is 16.1. The lowest BCUT2D eigenvalue weighted by Crippen LogP contribution is -2.28. The van der Waals surface area contributed by atoms with Gasteiger partial charge in [0.15, 0.2) is 0 Å². The van der Waals surface area contributed by atoms with Crippen LogP contribution in [0.2, 0.25) is 0 Å². The molecule has 0 unspecified atom stereocenters. The lowest BCUT2D eigenvalue weighted by atomic mass is 9.73. The average Bonchev–Trinajstić information content (AvgIpc) is 2.54. The van der Waals surface area contributed by atoms with E-state index in [1.54, 1.807) is 6.20 Å². The van der Waals surface area contributed by atoms with Gasteiger partial charge in [0, 0.05) is 12.2 Å². The maximum absolute atomic E-state index is 11.7. The lowest BCUT2D eigenvalue weighted by Gasteiger charge is -2.33. The molecule has 1 heterocycles. The molecule has 2 aliphatic rings. The highest BCUT2D eigenvalue weighted by Gasteiger charge is 2.28. The van der Waals surface area contributed by atoms with Crippen molar-refractivity contribution in [2.24, 2.45) is 23.5 Å². The maximum Gasteiger partial charge on any atom is 0.252 e. The van der Waals surface area contributed by atoms with Crippen molar-refractivity contribution in [3.8, 4) is 0 Å². The molecule has 2 aliphatic carbocycles. The summed E-state index contributed by atoms with van der Waals surface area (Å²) in [6.07, 6.45) is 11.1. The number of carbonyl (C=O) groups excluding carboxylic acids is 1. The van der Waals surface area contributed by atoms with Gasteiger partial charge in [-0.15, -0.1) is 0 Å². The van der Waals surface area contributed by atoms with Crippen LogP contribution in [-0.4, -0.2) is 21.9 Å². The fourth-order valence-corrected chi connectivity index (χ4v) is 4.25. The molecule has 132 valence electrons. The van der Waals surface area contributed by atoms with Crippen LogP contribution >= 0.6 is 0 Å². The van der Waals surface area contributed by atoms with Gasteiger partial charge in [-0.05, 0) is 62.7 Å². The number of primary amides is 1. The Kier molecular flexibility index (Phi) is 5.36. The molecule has 1 aromatic heterocycles. The van der Waals surface area contributed by atoms with Gasteiger partial charge >= 0.3 is 0 Å². The number of carbonyl (C=O) groups is 1. The molecular weight excluding hydrogens is 300 g/mol. The van der Waals surface area contributed by atoms with E-state index in [4.69, 9.17) is 5.73 Å². The van der Waals surface area contributed by atoms with Crippen LogP contribution in [0.5, 0.6) is 0 Å². The van der Waals surface area contributed by atoms with E-state index in [0.717, 1.165) is 24.0 Å². The first-order valence-electron chi connectivity index (χ1n) is 9.47. The smallest absolute Gasteiger partial charge is 0.252 e. The van der Waals surface area contributed by atoms with Crippen LogP contribution in [0.4, 0.5) is 5.95 Å². The monoisotopic (exact) mass is 330 g/mol. The van der Waals surface area contributed by atoms with E-state index < -0.39 is 5.91 Å². The van der Waals surface area contributed by atoms with Gasteiger partial charge in [-0.25, -0.2) is 9.97 Å². The number of hydrogen-bond acceptors (Lipinski definition) is 4. The second-order valence-electron chi connectivity index (χ2n) is 7.84. The number of rotatable bonds is 6. The van der Waals surface area contributed by atoms with E-state index in [-0.39, 0.29) is 0 Å². The largest absolute Gasteiger partial charge is 0.365 e. The van der Waals surface area contributed by atoms with Crippen molar-refractivity contribution in [3.05, 3.63) is 17.5 Å². The Hall–Kier alpha value is -1.65. The SMILES string of the molecule is CCC1CCC(Nc2ncc(C(N)=O)c(CC3CC(C)C3)n2)CC1. The summed E-state index contributed by atoms with van der Waals surface area (Å²) in [5.41, 5.74) is 6.80. The quantitative estimate of drug-likeness (QED) is 0.836. The van der Waals surface area contributed by atoms with Crippen molar-refractivity contribution < 1.29 is 4.79 Å². The first kappa shape index (κ1) is 17.2. The summed E-state index contributed by atoms with van der Waals surface area (Å²) in [5.74, 6) is 2.52. The predicted octanol–water partition coefficient (Wildman–Crippen LogP) is 3.54. The second kappa shape index (κ2) is 7.49. The summed E-state index contributed by atoms with van der Waals surface area (Å²) in [5, 5.41) is 3.48. The summed E-state index contributed by atoms with van der Waals surface area (Å²) in [7, 11) is 0. The van der Waals surface area contributed by atoms with Crippen LogP contribution in [0.15, 0.2) is 6.20 Å². The van der Waals surface area contributed by atoms with Gasteiger partial charge < -0.3 is 11.1 Å². The van der Waals surface area contributed by atoms with Gasteiger partial charge in [0.25, 0.3) is 5.91 Å². The molecule has 0 aliphatic heterocycles. The lowest BCUT2D eigenvalue weighted by molar-refractivity contribution is 0.0997. The molecule has 5 heteroatoms. The van der Waals surface area contributed by atoms with Crippen LogP contribution in [0.25, 0.3) is 0 Å². The number of hydrogen-bond donors (Lipinski definition) is 2. The summed E-state index contributed by atoms with van der Waals surface area (Å²) in [6.45, 7) is 4.54. The molecule has 0 bridgehead atoms.